The van der Waals surface area contributed by atoms with Gasteiger partial charge >= 0.3 is 0 Å². The van der Waals surface area contributed by atoms with Gasteiger partial charge in [-0.15, -0.1) is 0 Å². The molecule has 2 heteroatoms. The number of nitrogens with two attached hydrogens (primary N) is 1. The summed E-state index contributed by atoms with van der Waals surface area (Å²) in [5.41, 5.74) is 5.69. The molecule has 0 amide bonds. The Labute approximate surface area is 107 Å². The summed E-state index contributed by atoms with van der Waals surface area (Å²) in [7, 11) is 0. The van der Waals surface area contributed by atoms with Gasteiger partial charge in [0.25, 0.3) is 0 Å². The topological polar surface area (TPSA) is 29.3 Å². The van der Waals surface area contributed by atoms with Crippen LogP contribution in [0, 0.1) is 11.8 Å². The summed E-state index contributed by atoms with van der Waals surface area (Å²) >= 11 is 0. The van der Waals surface area contributed by atoms with Gasteiger partial charge in [-0.05, 0) is 63.5 Å². The monoisotopic (exact) mass is 238 g/mol. The van der Waals surface area contributed by atoms with Crippen molar-refractivity contribution in [2.45, 2.75) is 70.9 Å². The van der Waals surface area contributed by atoms with Crippen molar-refractivity contribution in [2.24, 2.45) is 17.6 Å². The normalized spacial score (nSPS) is 34.9. The van der Waals surface area contributed by atoms with Gasteiger partial charge in [-0.1, -0.05) is 20.3 Å². The molecular weight excluding hydrogens is 208 g/mol. The first-order chi connectivity index (χ1) is 8.22. The number of hydrogen-bond acceptors (Lipinski definition) is 2. The second-order valence-corrected chi connectivity index (χ2v) is 6.39. The van der Waals surface area contributed by atoms with Crippen LogP contribution in [0.2, 0.25) is 0 Å². The molecule has 2 rings (SSSR count). The average molecular weight is 238 g/mol. The van der Waals surface area contributed by atoms with E-state index in [2.05, 4.69) is 18.7 Å². The molecule has 0 aliphatic heterocycles. The summed E-state index contributed by atoms with van der Waals surface area (Å²) in [5, 5.41) is 0. The van der Waals surface area contributed by atoms with Crippen molar-refractivity contribution in [1.29, 1.82) is 0 Å². The molecule has 0 aromatic rings. The van der Waals surface area contributed by atoms with Gasteiger partial charge in [-0.25, -0.2) is 0 Å². The highest BCUT2D eigenvalue weighted by Gasteiger charge is 2.34. The number of rotatable bonds is 5. The van der Waals surface area contributed by atoms with Crippen molar-refractivity contribution in [3.05, 3.63) is 0 Å². The molecule has 0 heterocycles. The second kappa shape index (κ2) is 6.19. The van der Waals surface area contributed by atoms with E-state index < -0.39 is 0 Å². The molecule has 2 fully saturated rings. The lowest BCUT2D eigenvalue weighted by atomic mass is 9.77. The van der Waals surface area contributed by atoms with E-state index in [4.69, 9.17) is 5.73 Å². The van der Waals surface area contributed by atoms with Crippen molar-refractivity contribution >= 4 is 0 Å². The molecule has 0 aromatic carbocycles. The molecule has 3 atom stereocenters. The minimum Gasteiger partial charge on any atom is -0.330 e. The molecule has 17 heavy (non-hydrogen) atoms. The summed E-state index contributed by atoms with van der Waals surface area (Å²) in [5.74, 6) is 1.85. The first-order valence-corrected chi connectivity index (χ1v) is 7.68. The summed E-state index contributed by atoms with van der Waals surface area (Å²) in [6.07, 6.45) is 9.77. The quantitative estimate of drug-likeness (QED) is 0.798. The molecule has 0 aromatic heterocycles. The zero-order valence-corrected chi connectivity index (χ0v) is 11.7. The van der Waals surface area contributed by atoms with Gasteiger partial charge in [0.2, 0.25) is 0 Å². The first-order valence-electron chi connectivity index (χ1n) is 7.68. The third-order valence-electron chi connectivity index (χ3n) is 5.20. The molecule has 2 saturated carbocycles. The maximum Gasteiger partial charge on any atom is 0.0101 e. The summed E-state index contributed by atoms with van der Waals surface area (Å²) < 4.78 is 0. The predicted molar refractivity (Wildman–Crippen MR) is 74.0 cm³/mol. The van der Waals surface area contributed by atoms with Crippen LogP contribution < -0.4 is 5.73 Å². The molecule has 100 valence electrons. The Balaban J connectivity index is 1.90. The van der Waals surface area contributed by atoms with Crippen LogP contribution in [0.4, 0.5) is 0 Å². The highest BCUT2D eigenvalue weighted by atomic mass is 15.2. The van der Waals surface area contributed by atoms with E-state index >= 15 is 0 Å². The Morgan fingerprint density at radius 1 is 1.00 bits per heavy atom. The van der Waals surface area contributed by atoms with Crippen LogP contribution >= 0.6 is 0 Å². The van der Waals surface area contributed by atoms with Gasteiger partial charge in [0.15, 0.2) is 0 Å². The maximum absolute atomic E-state index is 5.69. The summed E-state index contributed by atoms with van der Waals surface area (Å²) in [6.45, 7) is 6.96. The number of nitrogens with zero attached hydrogens (tertiary/aromatic N) is 1. The van der Waals surface area contributed by atoms with E-state index in [0.717, 1.165) is 30.5 Å². The van der Waals surface area contributed by atoms with Crippen LogP contribution in [0.15, 0.2) is 0 Å². The van der Waals surface area contributed by atoms with Crippen molar-refractivity contribution in [3.63, 3.8) is 0 Å². The standard InChI is InChI=1S/C15H30N2/c1-12-7-8-15(11-13(12)2)17(10-4-9-16)14-5-3-6-14/h12-15H,3-11,16H2,1-2H3. The maximum atomic E-state index is 5.69. The molecule has 0 spiro atoms. The van der Waals surface area contributed by atoms with E-state index in [1.54, 1.807) is 0 Å². The highest BCUT2D eigenvalue weighted by molar-refractivity contribution is 4.88. The van der Waals surface area contributed by atoms with Crippen molar-refractivity contribution in [1.82, 2.24) is 4.90 Å². The van der Waals surface area contributed by atoms with Crippen molar-refractivity contribution < 1.29 is 0 Å². The van der Waals surface area contributed by atoms with Gasteiger partial charge in [0.1, 0.15) is 0 Å². The van der Waals surface area contributed by atoms with Gasteiger partial charge < -0.3 is 5.73 Å². The molecule has 0 radical (unpaired) electrons. The third-order valence-corrected chi connectivity index (χ3v) is 5.20. The fourth-order valence-electron chi connectivity index (χ4n) is 3.48. The Bertz CT molecular complexity index is 225. The van der Waals surface area contributed by atoms with Crippen LogP contribution in [0.5, 0.6) is 0 Å². The molecule has 2 aliphatic carbocycles. The lowest BCUT2D eigenvalue weighted by Crippen LogP contribution is -2.49. The van der Waals surface area contributed by atoms with Crippen LogP contribution in [0.3, 0.4) is 0 Å². The van der Waals surface area contributed by atoms with E-state index in [9.17, 15) is 0 Å². The minimum atomic E-state index is 0.849. The Morgan fingerprint density at radius 2 is 1.76 bits per heavy atom. The van der Waals surface area contributed by atoms with E-state index in [1.807, 2.05) is 0 Å². The lowest BCUT2D eigenvalue weighted by Gasteiger charge is -2.46. The predicted octanol–water partition coefficient (Wildman–Crippen LogP) is 3.01. The van der Waals surface area contributed by atoms with Gasteiger partial charge in [-0.2, -0.15) is 0 Å². The average Bonchev–Trinajstić information content (AvgIpc) is 2.25. The Morgan fingerprint density at radius 3 is 2.29 bits per heavy atom. The Kier molecular flexibility index (Phi) is 4.87. The Hall–Kier alpha value is -0.0800. The fourth-order valence-corrected chi connectivity index (χ4v) is 3.48. The largest absolute Gasteiger partial charge is 0.330 e. The van der Waals surface area contributed by atoms with Crippen LogP contribution in [-0.4, -0.2) is 30.1 Å². The fraction of sp³-hybridized carbons (Fsp3) is 1.00. The van der Waals surface area contributed by atoms with Crippen LogP contribution in [-0.2, 0) is 0 Å². The van der Waals surface area contributed by atoms with Crippen molar-refractivity contribution in [3.8, 4) is 0 Å². The smallest absolute Gasteiger partial charge is 0.0101 e. The molecule has 0 bridgehead atoms. The number of hydrogen-bond donors (Lipinski definition) is 1. The lowest BCUT2D eigenvalue weighted by molar-refractivity contribution is 0.0373. The highest BCUT2D eigenvalue weighted by Crippen LogP contribution is 2.36. The van der Waals surface area contributed by atoms with Gasteiger partial charge in [0.05, 0.1) is 0 Å². The van der Waals surface area contributed by atoms with E-state index in [1.165, 1.54) is 51.5 Å². The summed E-state index contributed by atoms with van der Waals surface area (Å²) in [4.78, 5) is 2.82. The SMILES string of the molecule is CC1CCC(N(CCCN)C2CCC2)CC1C. The summed E-state index contributed by atoms with van der Waals surface area (Å²) in [6, 6.07) is 1.75. The molecule has 2 nitrogen and oxygen atoms in total. The van der Waals surface area contributed by atoms with Crippen LogP contribution in [0.1, 0.15) is 58.8 Å². The molecule has 3 unspecified atom stereocenters. The van der Waals surface area contributed by atoms with E-state index in [-0.39, 0.29) is 0 Å². The van der Waals surface area contributed by atoms with Crippen molar-refractivity contribution in [2.75, 3.05) is 13.1 Å². The first kappa shape index (κ1) is 13.4. The zero-order valence-electron chi connectivity index (χ0n) is 11.7. The van der Waals surface area contributed by atoms with Gasteiger partial charge in [0, 0.05) is 12.1 Å². The second-order valence-electron chi connectivity index (χ2n) is 6.39. The van der Waals surface area contributed by atoms with E-state index in [0.29, 0.717) is 0 Å². The minimum absolute atomic E-state index is 0.849. The third kappa shape index (κ3) is 3.23. The van der Waals surface area contributed by atoms with Gasteiger partial charge in [-0.3, -0.25) is 4.90 Å². The van der Waals surface area contributed by atoms with Crippen LogP contribution in [0.25, 0.3) is 0 Å². The zero-order chi connectivity index (χ0) is 12.3. The molecule has 2 N–H and O–H groups in total. The molecular formula is C15H30N2. The molecule has 0 saturated heterocycles. The molecule has 2 aliphatic rings.